The zero-order valence-corrected chi connectivity index (χ0v) is 16.7. The molecule has 150 valence electrons. The fraction of sp³-hybridized carbons (Fsp3) is 0.273. The van der Waals surface area contributed by atoms with Crippen molar-refractivity contribution in [1.82, 2.24) is 24.4 Å². The molecule has 4 aromatic heterocycles. The van der Waals surface area contributed by atoms with Crippen LogP contribution >= 0.6 is 0 Å². The molecular weight excluding hydrogens is 376 g/mol. The minimum atomic E-state index is 0.195. The first-order valence-corrected chi connectivity index (χ1v) is 10.00. The van der Waals surface area contributed by atoms with Gasteiger partial charge in [0.15, 0.2) is 0 Å². The van der Waals surface area contributed by atoms with Gasteiger partial charge in [0.1, 0.15) is 11.9 Å². The van der Waals surface area contributed by atoms with E-state index >= 15 is 0 Å². The van der Waals surface area contributed by atoms with Crippen LogP contribution in [0.15, 0.2) is 49.2 Å². The lowest BCUT2D eigenvalue weighted by Crippen LogP contribution is -2.43. The van der Waals surface area contributed by atoms with E-state index < -0.39 is 0 Å². The van der Waals surface area contributed by atoms with Crippen LogP contribution in [0.5, 0.6) is 0 Å². The molecule has 0 aromatic carbocycles. The van der Waals surface area contributed by atoms with E-state index in [2.05, 4.69) is 33.3 Å². The molecule has 4 aromatic rings. The van der Waals surface area contributed by atoms with E-state index in [4.69, 9.17) is 10.7 Å². The molecule has 1 atom stereocenters. The summed E-state index contributed by atoms with van der Waals surface area (Å²) in [7, 11) is 1.89. The van der Waals surface area contributed by atoms with Gasteiger partial charge in [0.25, 0.3) is 0 Å². The van der Waals surface area contributed by atoms with Crippen molar-refractivity contribution in [2.75, 3.05) is 18.0 Å². The van der Waals surface area contributed by atoms with Crippen LogP contribution < -0.4 is 10.6 Å². The van der Waals surface area contributed by atoms with E-state index in [0.717, 1.165) is 59.5 Å². The number of piperidine rings is 1. The van der Waals surface area contributed by atoms with Gasteiger partial charge in [0.05, 0.1) is 23.5 Å². The second kappa shape index (κ2) is 7.28. The number of pyridine rings is 2. The Morgan fingerprint density at radius 1 is 1.10 bits per heavy atom. The monoisotopic (exact) mass is 398 g/mol. The summed E-state index contributed by atoms with van der Waals surface area (Å²) < 4.78 is 3.52. The van der Waals surface area contributed by atoms with Gasteiger partial charge in [-0.05, 0) is 31.0 Å². The SMILES string of the molecule is Cn1cc(-c2cc(-c3ccc(N4CCC[C@@H](N)C4)nc3)c3c(C#N)cnn3c2)cn1. The Labute approximate surface area is 174 Å². The van der Waals surface area contributed by atoms with Gasteiger partial charge in [-0.1, -0.05) is 0 Å². The molecule has 0 unspecified atom stereocenters. The normalized spacial score (nSPS) is 16.7. The Balaban J connectivity index is 1.60. The molecule has 0 amide bonds. The first-order valence-electron chi connectivity index (χ1n) is 10.00. The minimum Gasteiger partial charge on any atom is -0.355 e. The number of hydrogen-bond donors (Lipinski definition) is 1. The maximum absolute atomic E-state index is 9.57. The highest BCUT2D eigenvalue weighted by Crippen LogP contribution is 2.32. The number of rotatable bonds is 3. The lowest BCUT2D eigenvalue weighted by Gasteiger charge is -2.31. The summed E-state index contributed by atoms with van der Waals surface area (Å²) in [6.45, 7) is 1.80. The topological polar surface area (TPSA) is 101 Å². The van der Waals surface area contributed by atoms with Crippen molar-refractivity contribution < 1.29 is 0 Å². The van der Waals surface area contributed by atoms with Crippen molar-refractivity contribution >= 4 is 11.3 Å². The van der Waals surface area contributed by atoms with Crippen LogP contribution in [0.4, 0.5) is 5.82 Å². The first kappa shape index (κ1) is 18.3. The van der Waals surface area contributed by atoms with Crippen LogP contribution in [0.3, 0.4) is 0 Å². The van der Waals surface area contributed by atoms with Crippen LogP contribution in [0.1, 0.15) is 18.4 Å². The second-order valence-corrected chi connectivity index (χ2v) is 7.76. The van der Waals surface area contributed by atoms with Crippen molar-refractivity contribution in [2.24, 2.45) is 12.8 Å². The molecule has 2 N–H and O–H groups in total. The number of nitrogens with two attached hydrogens (primary N) is 1. The number of hydrogen-bond acceptors (Lipinski definition) is 6. The summed E-state index contributed by atoms with van der Waals surface area (Å²) in [6.07, 6.45) is 11.3. The standard InChI is InChI=1S/C22H22N8/c1-28-12-18(11-26-28)16-7-20(22-17(8-23)10-27-30(22)13-16)15-4-5-21(25-9-15)29-6-2-3-19(24)14-29/h4-5,7,9-13,19H,2-3,6,14,24H2,1H3/t19-/m1/s1. The van der Waals surface area contributed by atoms with E-state index in [1.165, 1.54) is 0 Å². The van der Waals surface area contributed by atoms with E-state index in [1.54, 1.807) is 15.4 Å². The van der Waals surface area contributed by atoms with Gasteiger partial charge in [-0.25, -0.2) is 9.50 Å². The molecule has 8 nitrogen and oxygen atoms in total. The number of aromatic nitrogens is 5. The lowest BCUT2D eigenvalue weighted by atomic mass is 10.0. The quantitative estimate of drug-likeness (QED) is 0.569. The summed E-state index contributed by atoms with van der Waals surface area (Å²) in [5, 5.41) is 18.2. The highest BCUT2D eigenvalue weighted by Gasteiger charge is 2.19. The molecule has 1 aliphatic rings. The van der Waals surface area contributed by atoms with E-state index in [-0.39, 0.29) is 6.04 Å². The molecule has 0 bridgehead atoms. The van der Waals surface area contributed by atoms with Crippen LogP contribution in [0.25, 0.3) is 27.8 Å². The smallest absolute Gasteiger partial charge is 0.128 e. The number of anilines is 1. The van der Waals surface area contributed by atoms with Gasteiger partial charge in [-0.3, -0.25) is 4.68 Å². The molecule has 5 rings (SSSR count). The maximum Gasteiger partial charge on any atom is 0.128 e. The first-order chi connectivity index (χ1) is 14.6. The predicted molar refractivity (Wildman–Crippen MR) is 115 cm³/mol. The van der Waals surface area contributed by atoms with Crippen LogP contribution in [0.2, 0.25) is 0 Å². The minimum absolute atomic E-state index is 0.195. The molecule has 0 saturated carbocycles. The summed E-state index contributed by atoms with van der Waals surface area (Å²) in [5.74, 6) is 0.933. The second-order valence-electron chi connectivity index (χ2n) is 7.76. The summed E-state index contributed by atoms with van der Waals surface area (Å²) in [5.41, 5.74) is 11.3. The number of nitriles is 1. The molecule has 1 aliphatic heterocycles. The number of nitrogens with zero attached hydrogens (tertiary/aromatic N) is 7. The van der Waals surface area contributed by atoms with E-state index in [1.807, 2.05) is 37.9 Å². The van der Waals surface area contributed by atoms with Gasteiger partial charge in [0, 0.05) is 67.0 Å². The molecule has 8 heteroatoms. The third kappa shape index (κ3) is 3.19. The zero-order chi connectivity index (χ0) is 20.7. The maximum atomic E-state index is 9.57. The molecule has 1 saturated heterocycles. The number of fused-ring (bicyclic) bond motifs is 1. The highest BCUT2D eigenvalue weighted by atomic mass is 15.2. The van der Waals surface area contributed by atoms with Gasteiger partial charge >= 0.3 is 0 Å². The predicted octanol–water partition coefficient (Wildman–Crippen LogP) is 2.60. The van der Waals surface area contributed by atoms with Gasteiger partial charge in [-0.15, -0.1) is 0 Å². The molecule has 30 heavy (non-hydrogen) atoms. The van der Waals surface area contributed by atoms with Gasteiger partial charge < -0.3 is 10.6 Å². The number of aryl methyl sites for hydroxylation is 1. The Hall–Kier alpha value is -3.70. The fourth-order valence-corrected chi connectivity index (χ4v) is 4.10. The van der Waals surface area contributed by atoms with Crippen LogP contribution in [-0.2, 0) is 7.05 Å². The lowest BCUT2D eigenvalue weighted by molar-refractivity contribution is 0.503. The van der Waals surface area contributed by atoms with E-state index in [9.17, 15) is 5.26 Å². The van der Waals surface area contributed by atoms with Crippen molar-refractivity contribution in [2.45, 2.75) is 18.9 Å². The third-order valence-electron chi connectivity index (χ3n) is 5.61. The Kier molecular flexibility index (Phi) is 4.45. The highest BCUT2D eigenvalue weighted by molar-refractivity contribution is 5.87. The Morgan fingerprint density at radius 3 is 2.70 bits per heavy atom. The molecule has 0 aliphatic carbocycles. The zero-order valence-electron chi connectivity index (χ0n) is 16.7. The summed E-state index contributed by atoms with van der Waals surface area (Å²) in [6, 6.07) is 8.60. The average molecular weight is 398 g/mol. The van der Waals surface area contributed by atoms with Crippen molar-refractivity contribution in [3.05, 3.63) is 54.7 Å². The average Bonchev–Trinajstić information content (AvgIpc) is 3.39. The fourth-order valence-electron chi connectivity index (χ4n) is 4.10. The molecule has 0 radical (unpaired) electrons. The van der Waals surface area contributed by atoms with Crippen molar-refractivity contribution in [1.29, 1.82) is 5.26 Å². The summed E-state index contributed by atoms with van der Waals surface area (Å²) in [4.78, 5) is 6.94. The Bertz CT molecular complexity index is 1240. The summed E-state index contributed by atoms with van der Waals surface area (Å²) >= 11 is 0. The third-order valence-corrected chi connectivity index (χ3v) is 5.61. The molecular formula is C22H22N8. The van der Waals surface area contributed by atoms with Gasteiger partial charge in [-0.2, -0.15) is 15.5 Å². The largest absolute Gasteiger partial charge is 0.355 e. The molecule has 0 spiro atoms. The molecule has 5 heterocycles. The van der Waals surface area contributed by atoms with E-state index in [0.29, 0.717) is 5.56 Å². The van der Waals surface area contributed by atoms with Crippen molar-refractivity contribution in [3.63, 3.8) is 0 Å². The van der Waals surface area contributed by atoms with Crippen molar-refractivity contribution in [3.8, 4) is 28.3 Å². The van der Waals surface area contributed by atoms with Gasteiger partial charge in [0.2, 0.25) is 0 Å². The Morgan fingerprint density at radius 2 is 2.00 bits per heavy atom. The molecule has 1 fully saturated rings. The van der Waals surface area contributed by atoms with Crippen LogP contribution in [-0.4, -0.2) is 43.5 Å². The van der Waals surface area contributed by atoms with Crippen LogP contribution in [0, 0.1) is 11.3 Å².